The van der Waals surface area contributed by atoms with Crippen molar-refractivity contribution in [3.05, 3.63) is 95.0 Å². The number of furan rings is 1. The fourth-order valence-corrected chi connectivity index (χ4v) is 5.59. The molecule has 4 aromatic carbocycles. The van der Waals surface area contributed by atoms with Gasteiger partial charge in [-0.2, -0.15) is 4.21 Å². The van der Waals surface area contributed by atoms with E-state index in [0.717, 1.165) is 10.6 Å². The molecule has 0 aliphatic rings. The molecule has 0 saturated heterocycles. The van der Waals surface area contributed by atoms with Gasteiger partial charge in [-0.3, -0.25) is 4.79 Å². The second kappa shape index (κ2) is 10.5. The largest absolute Gasteiger partial charge is 0.455 e. The van der Waals surface area contributed by atoms with Crippen molar-refractivity contribution in [1.29, 1.82) is 0 Å². The topological polar surface area (TPSA) is 110 Å². The Labute approximate surface area is 249 Å². The molecular weight excluding hydrogens is 600 g/mol. The van der Waals surface area contributed by atoms with E-state index in [1.807, 2.05) is 0 Å². The molecule has 0 spiro atoms. The first kappa shape index (κ1) is 28.4. The van der Waals surface area contributed by atoms with Crippen molar-refractivity contribution in [2.45, 2.75) is 0 Å². The van der Waals surface area contributed by atoms with Crippen molar-refractivity contribution in [3.8, 4) is 33.9 Å². The lowest BCUT2D eigenvalue weighted by Gasteiger charge is -2.18. The summed E-state index contributed by atoms with van der Waals surface area (Å²) >= 11 is 6.26. The van der Waals surface area contributed by atoms with E-state index in [2.05, 4.69) is 10.3 Å². The smallest absolute Gasteiger partial charge is 0.365 e. The van der Waals surface area contributed by atoms with Crippen LogP contribution in [0.5, 0.6) is 0 Å². The zero-order valence-corrected chi connectivity index (χ0v) is 24.5. The Bertz CT molecular complexity index is 2180. The summed E-state index contributed by atoms with van der Waals surface area (Å²) in [6.07, 6.45) is 1.14. The Morgan fingerprint density at radius 1 is 0.953 bits per heavy atom. The van der Waals surface area contributed by atoms with Gasteiger partial charge in [0.2, 0.25) is 5.89 Å². The van der Waals surface area contributed by atoms with Crippen molar-refractivity contribution < 1.29 is 30.8 Å². The number of fused-ring (bicyclic) bond motifs is 2. The Morgan fingerprint density at radius 2 is 1.67 bits per heavy atom. The minimum absolute atomic E-state index is 0.120. The number of nitrogens with one attached hydrogen (secondary N) is 1. The predicted octanol–water partition coefficient (Wildman–Crippen LogP) is 7.42. The van der Waals surface area contributed by atoms with E-state index in [9.17, 15) is 17.6 Å². The quantitative estimate of drug-likeness (QED) is 0.194. The highest BCUT2D eigenvalue weighted by Crippen LogP contribution is 2.42. The summed E-state index contributed by atoms with van der Waals surface area (Å²) in [6, 6.07) is 17.7. The molecule has 0 saturated carbocycles. The highest BCUT2D eigenvalue weighted by Gasteiger charge is 2.28. The zero-order valence-electron chi connectivity index (χ0n) is 22.9. The highest BCUT2D eigenvalue weighted by molar-refractivity contribution is 7.92. The van der Waals surface area contributed by atoms with Gasteiger partial charge >= 0.3 is 10.0 Å². The van der Waals surface area contributed by atoms with Gasteiger partial charge in [0, 0.05) is 42.2 Å². The molecule has 2 N–H and O–H groups in total. The average molecular weight is 623 g/mol. The number of anilines is 1. The molecule has 6 rings (SSSR count). The van der Waals surface area contributed by atoms with E-state index < -0.39 is 27.6 Å². The number of hydrogen-bond donors (Lipinski definition) is 1. The molecule has 1 unspecified atom stereocenters. The van der Waals surface area contributed by atoms with Crippen LogP contribution in [-0.2, 0) is 10.0 Å². The number of amides is 1. The SMILES string of the molecule is CNC(=O)c1c(-c2ccc(F)cc2)oc2cc(N(C)S(C)(=O)=[OH+])c(-c3cc(F)cc(-c4nc5c(Cl)cccc5o4)c3)cc12. The lowest BCUT2D eigenvalue weighted by Crippen LogP contribution is -2.25. The van der Waals surface area contributed by atoms with Gasteiger partial charge in [0.15, 0.2) is 5.58 Å². The summed E-state index contributed by atoms with van der Waals surface area (Å²) in [6.45, 7) is 0. The molecule has 1 amide bonds. The lowest BCUT2D eigenvalue weighted by atomic mass is 9.97. The number of carbonyl (C=O) groups excluding carboxylic acids is 1. The molecule has 0 bridgehead atoms. The molecule has 0 fully saturated rings. The maximum absolute atomic E-state index is 15.2. The fourth-order valence-electron chi connectivity index (χ4n) is 4.87. The third kappa shape index (κ3) is 5.10. The highest BCUT2D eigenvalue weighted by atomic mass is 35.5. The van der Waals surface area contributed by atoms with Gasteiger partial charge in [0.05, 0.1) is 16.3 Å². The first-order valence-corrected chi connectivity index (χ1v) is 15.1. The molecular formula is C31H23ClF2N3O5S+. The summed E-state index contributed by atoms with van der Waals surface area (Å²) in [7, 11) is -0.673. The van der Waals surface area contributed by atoms with Gasteiger partial charge in [-0.15, -0.1) is 0 Å². The number of benzene rings is 4. The Kier molecular flexibility index (Phi) is 6.94. The van der Waals surface area contributed by atoms with Gasteiger partial charge in [0.25, 0.3) is 5.91 Å². The van der Waals surface area contributed by atoms with Crippen molar-refractivity contribution in [3.63, 3.8) is 0 Å². The van der Waals surface area contributed by atoms with Crippen LogP contribution in [0.15, 0.2) is 81.6 Å². The molecule has 2 aromatic heterocycles. The van der Waals surface area contributed by atoms with Gasteiger partial charge < -0.3 is 14.2 Å². The van der Waals surface area contributed by atoms with E-state index in [-0.39, 0.29) is 28.5 Å². The molecule has 43 heavy (non-hydrogen) atoms. The lowest BCUT2D eigenvalue weighted by molar-refractivity contribution is 0.0964. The van der Waals surface area contributed by atoms with Crippen LogP contribution in [0.2, 0.25) is 5.02 Å². The third-order valence-electron chi connectivity index (χ3n) is 7.04. The van der Waals surface area contributed by atoms with Crippen LogP contribution in [0.1, 0.15) is 10.4 Å². The van der Waals surface area contributed by atoms with Crippen molar-refractivity contribution >= 4 is 55.3 Å². The number of halogens is 3. The van der Waals surface area contributed by atoms with E-state index in [4.69, 9.17) is 20.4 Å². The zero-order chi connectivity index (χ0) is 30.6. The van der Waals surface area contributed by atoms with Gasteiger partial charge in [-0.25, -0.2) is 22.3 Å². The van der Waals surface area contributed by atoms with Crippen LogP contribution in [0, 0.1) is 11.6 Å². The number of aromatic nitrogens is 1. The Morgan fingerprint density at radius 3 is 2.35 bits per heavy atom. The summed E-state index contributed by atoms with van der Waals surface area (Å²) in [5.74, 6) is -1.27. The van der Waals surface area contributed by atoms with Crippen LogP contribution in [0.4, 0.5) is 14.5 Å². The third-order valence-corrected chi connectivity index (χ3v) is 8.56. The number of rotatable bonds is 6. The van der Waals surface area contributed by atoms with Crippen molar-refractivity contribution in [1.82, 2.24) is 10.3 Å². The fraction of sp³-hybridized carbons (Fsp3) is 0.0968. The van der Waals surface area contributed by atoms with Gasteiger partial charge in [-0.1, -0.05) is 17.7 Å². The normalized spacial score (nSPS) is 12.9. The molecule has 8 nitrogen and oxygen atoms in total. The molecule has 12 heteroatoms. The monoisotopic (exact) mass is 622 g/mol. The van der Waals surface area contributed by atoms with Crippen LogP contribution in [0.3, 0.4) is 0 Å². The van der Waals surface area contributed by atoms with Crippen LogP contribution >= 0.6 is 11.6 Å². The first-order valence-electron chi connectivity index (χ1n) is 12.8. The standard InChI is InChI=1S/C31H22ClF2N3O5S/c1-35-30(38)27-22-14-21(17-11-18(13-20(34)12-17)31-36-28-23(32)5-4-6-25(28)42-31)24(37(2)43(3,39)40)15-26(22)41-29(27)16-7-9-19(33)10-8-16/h4-15H,1-3H3,(H,35,38)/p+1. The van der Waals surface area contributed by atoms with Crippen molar-refractivity contribution in [2.75, 3.05) is 24.7 Å². The Hall–Kier alpha value is -4.74. The molecule has 0 radical (unpaired) electrons. The minimum atomic E-state index is -3.55. The molecule has 1 atom stereocenters. The maximum atomic E-state index is 15.2. The predicted molar refractivity (Wildman–Crippen MR) is 163 cm³/mol. The average Bonchev–Trinajstić information content (AvgIpc) is 3.58. The Balaban J connectivity index is 1.63. The minimum Gasteiger partial charge on any atom is -0.455 e. The summed E-state index contributed by atoms with van der Waals surface area (Å²) in [5.41, 5.74) is 2.81. The second-order valence-electron chi connectivity index (χ2n) is 9.85. The summed E-state index contributed by atoms with van der Waals surface area (Å²) < 4.78 is 65.3. The van der Waals surface area contributed by atoms with Crippen LogP contribution in [0.25, 0.3) is 56.0 Å². The van der Waals surface area contributed by atoms with E-state index in [0.29, 0.717) is 43.8 Å². The van der Waals surface area contributed by atoms with E-state index >= 15 is 4.39 Å². The molecule has 218 valence electrons. The van der Waals surface area contributed by atoms with E-state index in [1.165, 1.54) is 56.6 Å². The summed E-state index contributed by atoms with van der Waals surface area (Å²) in [4.78, 5) is 17.6. The number of nitrogens with zero attached hydrogens (tertiary/aromatic N) is 2. The van der Waals surface area contributed by atoms with Crippen molar-refractivity contribution in [2.24, 2.45) is 0 Å². The number of carbonyl (C=O) groups is 1. The number of hydrogen-bond acceptors (Lipinski definition) is 5. The van der Waals surface area contributed by atoms with Crippen LogP contribution < -0.4 is 9.62 Å². The maximum Gasteiger partial charge on any atom is 0.365 e. The van der Waals surface area contributed by atoms with E-state index in [1.54, 1.807) is 30.3 Å². The number of oxazole rings is 1. The first-order chi connectivity index (χ1) is 20.4. The molecule has 2 heterocycles. The summed E-state index contributed by atoms with van der Waals surface area (Å²) in [5, 5.41) is 3.32. The van der Waals surface area contributed by atoms with Gasteiger partial charge in [0.1, 0.15) is 34.8 Å². The molecule has 0 aliphatic carbocycles. The van der Waals surface area contributed by atoms with Gasteiger partial charge in [-0.05, 0) is 66.2 Å². The molecule has 0 aliphatic heterocycles. The number of para-hydroxylation sites is 1. The second-order valence-corrected chi connectivity index (χ2v) is 12.3. The molecule has 6 aromatic rings. The van der Waals surface area contributed by atoms with Crippen LogP contribution in [-0.4, -0.2) is 39.7 Å².